The lowest BCUT2D eigenvalue weighted by Gasteiger charge is -2.08. The van der Waals surface area contributed by atoms with Gasteiger partial charge in [0.05, 0.1) is 24.8 Å². The van der Waals surface area contributed by atoms with Crippen molar-refractivity contribution in [3.8, 4) is 5.75 Å². The zero-order valence-corrected chi connectivity index (χ0v) is 16.4. The van der Waals surface area contributed by atoms with Crippen LogP contribution in [0.15, 0.2) is 29.6 Å². The molecule has 1 aromatic heterocycles. The number of aromatic nitrogens is 1. The van der Waals surface area contributed by atoms with Gasteiger partial charge in [0, 0.05) is 11.3 Å². The van der Waals surface area contributed by atoms with E-state index >= 15 is 0 Å². The van der Waals surface area contributed by atoms with Gasteiger partial charge in [-0.15, -0.1) is 11.3 Å². The number of esters is 1. The molecule has 0 atom stereocenters. The normalized spacial score (nSPS) is 12.7. The van der Waals surface area contributed by atoms with Gasteiger partial charge in [0.1, 0.15) is 5.75 Å². The zero-order chi connectivity index (χ0) is 20.8. The van der Waals surface area contributed by atoms with Gasteiger partial charge in [-0.2, -0.15) is 0 Å². The van der Waals surface area contributed by atoms with Crippen molar-refractivity contribution in [1.82, 2.24) is 10.3 Å². The third kappa shape index (κ3) is 5.85. The van der Waals surface area contributed by atoms with Crippen molar-refractivity contribution in [1.29, 1.82) is 0 Å². The molecule has 0 radical (unpaired) electrons. The van der Waals surface area contributed by atoms with Crippen molar-refractivity contribution in [3.05, 3.63) is 40.9 Å². The number of imide groups is 1. The Kier molecular flexibility index (Phi) is 6.55. The minimum atomic E-state index is -0.759. The van der Waals surface area contributed by atoms with E-state index < -0.39 is 24.4 Å². The van der Waals surface area contributed by atoms with E-state index in [1.165, 1.54) is 24.5 Å². The van der Waals surface area contributed by atoms with Crippen LogP contribution in [0.1, 0.15) is 28.9 Å². The average molecular weight is 417 g/mol. The SMILES string of the molecule is COc1ccccc1C(=O)NC(=O)COC(=O)Cc1csc(NC(=O)C2CC2)n1. The van der Waals surface area contributed by atoms with Crippen LogP contribution in [0.2, 0.25) is 0 Å². The molecule has 1 heterocycles. The molecule has 152 valence electrons. The Balaban J connectivity index is 1.43. The summed E-state index contributed by atoms with van der Waals surface area (Å²) in [4.78, 5) is 51.7. The Bertz CT molecular complexity index is 938. The average Bonchev–Trinajstić information content (AvgIpc) is 3.48. The van der Waals surface area contributed by atoms with E-state index in [9.17, 15) is 19.2 Å². The van der Waals surface area contributed by atoms with Crippen molar-refractivity contribution in [2.75, 3.05) is 19.0 Å². The fraction of sp³-hybridized carbons (Fsp3) is 0.316. The first kappa shape index (κ1) is 20.5. The fourth-order valence-electron chi connectivity index (χ4n) is 2.41. The number of benzene rings is 1. The second kappa shape index (κ2) is 9.28. The molecule has 1 aromatic carbocycles. The molecular formula is C19H19N3O6S. The Hall–Kier alpha value is -3.27. The number of thiazole rings is 1. The van der Waals surface area contributed by atoms with Gasteiger partial charge in [-0.1, -0.05) is 12.1 Å². The molecule has 1 saturated carbocycles. The van der Waals surface area contributed by atoms with Crippen LogP contribution >= 0.6 is 11.3 Å². The van der Waals surface area contributed by atoms with E-state index in [0.717, 1.165) is 12.8 Å². The molecule has 3 rings (SSSR count). The third-order valence-corrected chi connectivity index (χ3v) is 4.83. The molecule has 0 unspecified atom stereocenters. The van der Waals surface area contributed by atoms with E-state index in [1.807, 2.05) is 0 Å². The predicted octanol–water partition coefficient (Wildman–Crippen LogP) is 1.54. The molecule has 2 aromatic rings. The van der Waals surface area contributed by atoms with Gasteiger partial charge >= 0.3 is 5.97 Å². The van der Waals surface area contributed by atoms with Gasteiger partial charge in [-0.3, -0.25) is 24.5 Å². The van der Waals surface area contributed by atoms with Crippen LogP contribution in [-0.2, 0) is 25.5 Å². The maximum absolute atomic E-state index is 12.1. The summed E-state index contributed by atoms with van der Waals surface area (Å²) in [5.74, 6) is -1.77. The number of nitrogens with one attached hydrogen (secondary N) is 2. The number of hydrogen-bond donors (Lipinski definition) is 2. The van der Waals surface area contributed by atoms with Crippen molar-refractivity contribution < 1.29 is 28.7 Å². The summed E-state index contributed by atoms with van der Waals surface area (Å²) in [7, 11) is 1.41. The number of hydrogen-bond acceptors (Lipinski definition) is 8. The van der Waals surface area contributed by atoms with Gasteiger partial charge in [0.2, 0.25) is 5.91 Å². The largest absolute Gasteiger partial charge is 0.496 e. The van der Waals surface area contributed by atoms with Crippen molar-refractivity contribution >= 4 is 40.2 Å². The predicted molar refractivity (Wildman–Crippen MR) is 104 cm³/mol. The monoisotopic (exact) mass is 417 g/mol. The topological polar surface area (TPSA) is 124 Å². The Morgan fingerprint density at radius 2 is 1.97 bits per heavy atom. The van der Waals surface area contributed by atoms with Gasteiger partial charge < -0.3 is 14.8 Å². The van der Waals surface area contributed by atoms with Crippen LogP contribution in [-0.4, -0.2) is 42.4 Å². The quantitative estimate of drug-likeness (QED) is 0.625. The standard InChI is InChI=1S/C19H19N3O6S/c1-27-14-5-3-2-4-13(14)18(26)21-15(23)9-28-16(24)8-12-10-29-19(20-12)22-17(25)11-6-7-11/h2-5,10-11H,6-9H2,1H3,(H,20,22,25)(H,21,23,26). The molecule has 0 bridgehead atoms. The Morgan fingerprint density at radius 1 is 1.21 bits per heavy atom. The van der Waals surface area contributed by atoms with Crippen LogP contribution in [0.3, 0.4) is 0 Å². The molecule has 1 aliphatic rings. The van der Waals surface area contributed by atoms with E-state index in [0.29, 0.717) is 16.6 Å². The Labute approximate surface area is 170 Å². The first-order chi connectivity index (χ1) is 14.0. The van der Waals surface area contributed by atoms with Crippen molar-refractivity contribution in [2.45, 2.75) is 19.3 Å². The van der Waals surface area contributed by atoms with Gasteiger partial charge in [-0.25, -0.2) is 4.98 Å². The summed E-state index contributed by atoms with van der Waals surface area (Å²) >= 11 is 1.21. The molecule has 9 nitrogen and oxygen atoms in total. The lowest BCUT2D eigenvalue weighted by molar-refractivity contribution is -0.147. The number of nitrogens with zero attached hydrogens (tertiary/aromatic N) is 1. The zero-order valence-electron chi connectivity index (χ0n) is 15.6. The highest BCUT2D eigenvalue weighted by Gasteiger charge is 2.30. The molecule has 10 heteroatoms. The second-order valence-corrected chi connectivity index (χ2v) is 7.18. The minimum Gasteiger partial charge on any atom is -0.496 e. The molecule has 0 aliphatic heterocycles. The fourth-order valence-corrected chi connectivity index (χ4v) is 3.12. The molecular weight excluding hydrogens is 398 g/mol. The summed E-state index contributed by atoms with van der Waals surface area (Å²) < 4.78 is 9.95. The van der Waals surface area contributed by atoms with E-state index in [4.69, 9.17) is 9.47 Å². The second-order valence-electron chi connectivity index (χ2n) is 6.32. The molecule has 0 saturated heterocycles. The van der Waals surface area contributed by atoms with Gasteiger partial charge in [0.15, 0.2) is 11.7 Å². The summed E-state index contributed by atoms with van der Waals surface area (Å²) in [6.45, 7) is -0.602. The number of rotatable bonds is 8. The number of amides is 3. The minimum absolute atomic E-state index is 0.0596. The number of anilines is 1. The van der Waals surface area contributed by atoms with Gasteiger partial charge in [-0.05, 0) is 25.0 Å². The van der Waals surface area contributed by atoms with Crippen molar-refractivity contribution in [3.63, 3.8) is 0 Å². The molecule has 29 heavy (non-hydrogen) atoms. The molecule has 3 amide bonds. The van der Waals surface area contributed by atoms with Crippen LogP contribution in [0.4, 0.5) is 5.13 Å². The van der Waals surface area contributed by atoms with Crippen LogP contribution < -0.4 is 15.4 Å². The van der Waals surface area contributed by atoms with E-state index in [1.54, 1.807) is 23.6 Å². The number of carbonyl (C=O) groups excluding carboxylic acids is 4. The number of methoxy groups -OCH3 is 1. The molecule has 2 N–H and O–H groups in total. The highest BCUT2D eigenvalue weighted by Crippen LogP contribution is 2.30. The van der Waals surface area contributed by atoms with E-state index in [-0.39, 0.29) is 23.8 Å². The summed E-state index contributed by atoms with van der Waals surface area (Å²) in [6.07, 6.45) is 1.62. The van der Waals surface area contributed by atoms with E-state index in [2.05, 4.69) is 15.6 Å². The highest BCUT2D eigenvalue weighted by atomic mass is 32.1. The third-order valence-electron chi connectivity index (χ3n) is 4.02. The van der Waals surface area contributed by atoms with Crippen LogP contribution in [0.5, 0.6) is 5.75 Å². The molecule has 1 aliphatic carbocycles. The number of carbonyl (C=O) groups is 4. The summed E-state index contributed by atoms with van der Waals surface area (Å²) in [5.41, 5.74) is 0.620. The summed E-state index contributed by atoms with van der Waals surface area (Å²) in [6, 6.07) is 6.43. The molecule has 0 spiro atoms. The lowest BCUT2D eigenvalue weighted by atomic mass is 10.2. The number of ether oxygens (including phenoxy) is 2. The first-order valence-corrected chi connectivity index (χ1v) is 9.72. The molecule has 1 fully saturated rings. The summed E-state index contributed by atoms with van der Waals surface area (Å²) in [5, 5.41) is 6.89. The van der Waals surface area contributed by atoms with Gasteiger partial charge in [0.25, 0.3) is 11.8 Å². The van der Waals surface area contributed by atoms with Crippen molar-refractivity contribution in [2.24, 2.45) is 5.92 Å². The number of para-hydroxylation sites is 1. The highest BCUT2D eigenvalue weighted by molar-refractivity contribution is 7.13. The maximum atomic E-state index is 12.1. The Morgan fingerprint density at radius 3 is 2.69 bits per heavy atom. The lowest BCUT2D eigenvalue weighted by Crippen LogP contribution is -2.34. The maximum Gasteiger partial charge on any atom is 0.312 e. The first-order valence-electron chi connectivity index (χ1n) is 8.84. The van der Waals surface area contributed by atoms with Crippen LogP contribution in [0.25, 0.3) is 0 Å². The van der Waals surface area contributed by atoms with Crippen LogP contribution in [0, 0.1) is 5.92 Å². The smallest absolute Gasteiger partial charge is 0.312 e.